The molecule has 1 atom stereocenters. The molecule has 6 nitrogen and oxygen atoms in total. The molecule has 4 aromatic rings. The summed E-state index contributed by atoms with van der Waals surface area (Å²) in [6.07, 6.45) is 3.26. The molecule has 4 rings (SSSR count). The van der Waals surface area contributed by atoms with E-state index >= 15 is 0 Å². The summed E-state index contributed by atoms with van der Waals surface area (Å²) >= 11 is 0. The predicted octanol–water partition coefficient (Wildman–Crippen LogP) is 5.24. The molecule has 186 valence electrons. The molecule has 1 N–H and O–H groups in total. The van der Waals surface area contributed by atoms with Crippen molar-refractivity contribution in [3.05, 3.63) is 103 Å². The molecule has 0 aliphatic rings. The Bertz CT molecular complexity index is 1430. The summed E-state index contributed by atoms with van der Waals surface area (Å²) in [6.45, 7) is 11.4. The number of amides is 1. The number of nitrogens with zero attached hydrogens (tertiary/aromatic N) is 1. The molecule has 7 heteroatoms. The quantitative estimate of drug-likeness (QED) is 0.117. The molecular formula is C30H28N2O4U. The first-order valence-corrected chi connectivity index (χ1v) is 11.6. The normalized spacial score (nSPS) is 11.0. The molecule has 0 aliphatic carbocycles. The van der Waals surface area contributed by atoms with E-state index < -0.39 is 11.7 Å². The molecule has 0 spiro atoms. The van der Waals surface area contributed by atoms with Crippen molar-refractivity contribution in [2.24, 2.45) is 0 Å². The molecule has 1 aromatic heterocycles. The summed E-state index contributed by atoms with van der Waals surface area (Å²) in [7, 11) is 0. The third-order valence-electron chi connectivity index (χ3n) is 5.93. The first-order chi connectivity index (χ1) is 17.4. The Morgan fingerprint density at radius 2 is 1.51 bits per heavy atom. The Labute approximate surface area is 240 Å². The van der Waals surface area contributed by atoms with E-state index in [1.165, 1.54) is 6.29 Å². The van der Waals surface area contributed by atoms with Crippen LogP contribution in [0.1, 0.15) is 46.5 Å². The molecule has 3 aromatic carbocycles. The summed E-state index contributed by atoms with van der Waals surface area (Å²) in [5.74, 6) is -1.25. The van der Waals surface area contributed by atoms with Crippen molar-refractivity contribution in [2.75, 3.05) is 0 Å². The second kappa shape index (κ2) is 13.9. The number of aromatic nitrogens is 1. The monoisotopic (exact) mass is 718 g/mol. The minimum Gasteiger partial charge on any atom is -0.419 e. The van der Waals surface area contributed by atoms with Crippen molar-refractivity contribution >= 4 is 45.6 Å². The summed E-state index contributed by atoms with van der Waals surface area (Å²) < 4.78 is 2.04. The number of allylic oxidation sites excluding steroid dienone is 1. The van der Waals surface area contributed by atoms with E-state index in [9.17, 15) is 14.4 Å². The van der Waals surface area contributed by atoms with Gasteiger partial charge in [0.15, 0.2) is 5.78 Å². The van der Waals surface area contributed by atoms with Crippen molar-refractivity contribution < 1.29 is 50.3 Å². The molecule has 0 aliphatic heterocycles. The van der Waals surface area contributed by atoms with Crippen LogP contribution < -0.4 is 5.32 Å². The minimum atomic E-state index is -0.612. The van der Waals surface area contributed by atoms with Crippen molar-refractivity contribution in [3.8, 4) is 0 Å². The number of fused-ring (bicyclic) bond motifs is 3. The van der Waals surface area contributed by atoms with Crippen molar-refractivity contribution in [1.29, 1.82) is 0 Å². The van der Waals surface area contributed by atoms with E-state index in [0.717, 1.165) is 34.3 Å². The number of nitrogens with one attached hydrogen (secondary N) is 1. The number of carbonyl (C=O) groups is 3. The largest absolute Gasteiger partial charge is 2.00 e. The Morgan fingerprint density at radius 3 is 2.03 bits per heavy atom. The number of rotatable bonds is 8. The van der Waals surface area contributed by atoms with E-state index in [2.05, 4.69) is 18.8 Å². The fourth-order valence-corrected chi connectivity index (χ4v) is 3.91. The van der Waals surface area contributed by atoms with Gasteiger partial charge in [-0.05, 0) is 56.0 Å². The van der Waals surface area contributed by atoms with Gasteiger partial charge >= 0.3 is 31.1 Å². The second-order valence-corrected chi connectivity index (χ2v) is 8.24. The van der Waals surface area contributed by atoms with Crippen LogP contribution in [0, 0.1) is 38.0 Å². The van der Waals surface area contributed by atoms with Gasteiger partial charge in [0.1, 0.15) is 0 Å². The Hall–Kier alpha value is -3.27. The van der Waals surface area contributed by atoms with Gasteiger partial charge in [-0.3, -0.25) is 14.4 Å². The zero-order valence-corrected chi connectivity index (χ0v) is 25.1. The Balaban J connectivity index is 0.000000898. The van der Waals surface area contributed by atoms with Gasteiger partial charge in [0.2, 0.25) is 5.78 Å². The van der Waals surface area contributed by atoms with Crippen LogP contribution in [-0.4, -0.2) is 34.4 Å². The van der Waals surface area contributed by atoms with Crippen LogP contribution in [0.15, 0.2) is 79.4 Å². The molecule has 0 bridgehead atoms. The summed E-state index contributed by atoms with van der Waals surface area (Å²) in [5.41, 5.74) is 3.33. The summed E-state index contributed by atoms with van der Waals surface area (Å²) in [6, 6.07) is 19.9. The SMILES string of the molecule is C=C[C-]=O.[CH2-]Cn1c2ccc(C(=O)C(=O)NC(C)CC)cc2c2cc(C(=O)c3ccccc3)ccc21.[U+2]. The number of ketones is 2. The van der Waals surface area contributed by atoms with E-state index in [4.69, 9.17) is 4.79 Å². The van der Waals surface area contributed by atoms with Gasteiger partial charge in [-0.15, -0.1) is 6.54 Å². The van der Waals surface area contributed by atoms with Crippen LogP contribution in [0.5, 0.6) is 0 Å². The van der Waals surface area contributed by atoms with Gasteiger partial charge in [-0.25, -0.2) is 12.7 Å². The average molecular weight is 719 g/mol. The first-order valence-electron chi connectivity index (χ1n) is 11.6. The summed E-state index contributed by atoms with van der Waals surface area (Å²) in [5, 5.41) is 4.39. The first kappa shape index (κ1) is 30.0. The molecule has 1 heterocycles. The topological polar surface area (TPSA) is 85.2 Å². The smallest absolute Gasteiger partial charge is 0.419 e. The molecular weight excluding hydrogens is 690 g/mol. The molecule has 0 radical (unpaired) electrons. The molecule has 1 amide bonds. The van der Waals surface area contributed by atoms with E-state index in [1.54, 1.807) is 24.3 Å². The van der Waals surface area contributed by atoms with Crippen molar-refractivity contribution in [1.82, 2.24) is 9.88 Å². The van der Waals surface area contributed by atoms with Gasteiger partial charge in [0.25, 0.3) is 5.91 Å². The van der Waals surface area contributed by atoms with Gasteiger partial charge in [-0.2, -0.15) is 0 Å². The molecule has 0 saturated carbocycles. The van der Waals surface area contributed by atoms with Crippen LogP contribution in [0.4, 0.5) is 0 Å². The number of Topliss-reactive ketones (excluding diaryl/α,β-unsaturated/α-hetero) is 1. The number of benzene rings is 3. The molecule has 1 unspecified atom stereocenters. The van der Waals surface area contributed by atoms with Crippen LogP contribution in [0.2, 0.25) is 0 Å². The average Bonchev–Trinajstić information content (AvgIpc) is 3.24. The number of hydrogen-bond acceptors (Lipinski definition) is 4. The van der Waals surface area contributed by atoms with Crippen LogP contribution >= 0.6 is 0 Å². The second-order valence-electron chi connectivity index (χ2n) is 8.24. The number of carbonyl (C=O) groups excluding carboxylic acids is 4. The van der Waals surface area contributed by atoms with Gasteiger partial charge in [-0.1, -0.05) is 37.3 Å². The summed E-state index contributed by atoms with van der Waals surface area (Å²) in [4.78, 5) is 47.0. The van der Waals surface area contributed by atoms with Crippen LogP contribution in [0.3, 0.4) is 0 Å². The van der Waals surface area contributed by atoms with E-state index in [1.807, 2.05) is 60.9 Å². The maximum atomic E-state index is 13.0. The third-order valence-corrected chi connectivity index (χ3v) is 5.93. The van der Waals surface area contributed by atoms with Crippen molar-refractivity contribution in [2.45, 2.75) is 32.9 Å². The third kappa shape index (κ3) is 6.74. The maximum absolute atomic E-state index is 13.0. The minimum absolute atomic E-state index is 0. The molecule has 0 fully saturated rings. The van der Waals surface area contributed by atoms with E-state index in [0.29, 0.717) is 23.2 Å². The standard InChI is InChI=1S/C27H25N2O3.C3H3O.U/c1-4-17(3)28-27(32)26(31)20-12-14-24-22(16-20)21-15-19(11-13-23(21)29(24)5-2)25(30)18-9-7-6-8-10-18;1-2-3-4;/h6-17H,2,4-5H2,1,3H3,(H,28,32);2H,1H2;/q2*-1;+2. The van der Waals surface area contributed by atoms with Crippen LogP contribution in [-0.2, 0) is 16.1 Å². The Morgan fingerprint density at radius 1 is 0.973 bits per heavy atom. The van der Waals surface area contributed by atoms with Gasteiger partial charge in [0.05, 0.1) is 0 Å². The fourth-order valence-electron chi connectivity index (χ4n) is 3.91. The van der Waals surface area contributed by atoms with Crippen molar-refractivity contribution in [3.63, 3.8) is 0 Å². The number of hydrogen-bond donors (Lipinski definition) is 1. The Kier molecular flexibility index (Phi) is 11.2. The fraction of sp³-hybridized carbons (Fsp3) is 0.167. The predicted molar refractivity (Wildman–Crippen MR) is 143 cm³/mol. The molecule has 37 heavy (non-hydrogen) atoms. The van der Waals surface area contributed by atoms with Gasteiger partial charge < -0.3 is 21.6 Å². The maximum Gasteiger partial charge on any atom is 2.00 e. The zero-order valence-electron chi connectivity index (χ0n) is 20.9. The van der Waals surface area contributed by atoms with E-state index in [-0.39, 0.29) is 42.9 Å². The zero-order chi connectivity index (χ0) is 26.2. The molecule has 0 saturated heterocycles. The van der Waals surface area contributed by atoms with Crippen LogP contribution in [0.25, 0.3) is 21.8 Å². The van der Waals surface area contributed by atoms with Gasteiger partial charge in [0, 0.05) is 44.5 Å².